The van der Waals surface area contributed by atoms with Gasteiger partial charge in [0.2, 0.25) is 22.3 Å². The van der Waals surface area contributed by atoms with Crippen molar-refractivity contribution in [2.45, 2.75) is 39.8 Å². The van der Waals surface area contributed by atoms with Crippen LogP contribution in [0, 0.1) is 0 Å². The Kier molecular flexibility index (Phi) is 8.29. The molecule has 0 fully saturated rings. The lowest BCUT2D eigenvalue weighted by Gasteiger charge is -2.05. The number of carbonyl (C=O) groups excluding carboxylic acids is 2. The Morgan fingerprint density at radius 3 is 2.09 bits per heavy atom. The zero-order chi connectivity index (χ0) is 24.8. The summed E-state index contributed by atoms with van der Waals surface area (Å²) in [6.07, 6.45) is 4.12. The normalized spacial score (nSPS) is 10.8. The van der Waals surface area contributed by atoms with Gasteiger partial charge in [0.1, 0.15) is 28.1 Å². The average molecular weight is 509 g/mol. The van der Waals surface area contributed by atoms with E-state index in [1.54, 1.807) is 28.7 Å². The van der Waals surface area contributed by atoms with E-state index in [2.05, 4.69) is 30.1 Å². The Labute approximate surface area is 204 Å². The van der Waals surface area contributed by atoms with Crippen LogP contribution in [0.4, 0.5) is 0 Å². The number of aromatic nitrogens is 8. The lowest BCUT2D eigenvalue weighted by atomic mass is 10.3. The van der Waals surface area contributed by atoms with Gasteiger partial charge in [0.05, 0.1) is 26.6 Å². The molecule has 0 saturated carbocycles. The number of ether oxygens (including phenoxy) is 2. The highest BCUT2D eigenvalue weighted by atomic mass is 35.5. The summed E-state index contributed by atoms with van der Waals surface area (Å²) < 4.78 is 13.5. The van der Waals surface area contributed by atoms with Gasteiger partial charge in [-0.3, -0.25) is 19.0 Å². The van der Waals surface area contributed by atoms with Crippen LogP contribution in [0.1, 0.15) is 26.7 Å². The van der Waals surface area contributed by atoms with Crippen LogP contribution in [0.2, 0.25) is 10.6 Å². The van der Waals surface area contributed by atoms with E-state index in [0.717, 1.165) is 0 Å². The number of halogens is 2. The van der Waals surface area contributed by atoms with E-state index in [9.17, 15) is 9.59 Å². The number of carbonyl (C=O) groups is 2. The minimum atomic E-state index is 0.0995. The molecule has 4 aromatic heterocycles. The molecule has 0 unspecified atom stereocenters. The minimum absolute atomic E-state index is 0.0995. The van der Waals surface area contributed by atoms with Gasteiger partial charge in [-0.25, -0.2) is 9.97 Å². The van der Waals surface area contributed by atoms with Crippen LogP contribution in [0.15, 0.2) is 12.4 Å². The number of nitrogens with zero attached hydrogens (tertiary/aromatic N) is 8. The Balaban J connectivity index is 0.000000191. The maximum atomic E-state index is 11.0. The lowest BCUT2D eigenvalue weighted by molar-refractivity contribution is -0.118. The molecule has 0 aliphatic rings. The number of aryl methyl sites for hydroxylation is 2. The van der Waals surface area contributed by atoms with Crippen molar-refractivity contribution in [3.63, 3.8) is 0 Å². The van der Waals surface area contributed by atoms with Gasteiger partial charge in [-0.05, 0) is 37.0 Å². The molecule has 34 heavy (non-hydrogen) atoms. The fraction of sp³-hybridized carbons (Fsp3) is 0.400. The predicted octanol–water partition coefficient (Wildman–Crippen LogP) is 2.93. The molecule has 12 nitrogen and oxygen atoms in total. The highest BCUT2D eigenvalue weighted by Crippen LogP contribution is 2.24. The molecule has 0 aliphatic carbocycles. The maximum Gasteiger partial charge on any atom is 0.246 e. The molecule has 0 bridgehead atoms. The van der Waals surface area contributed by atoms with Gasteiger partial charge in [-0.15, -0.1) is 0 Å². The summed E-state index contributed by atoms with van der Waals surface area (Å²) in [5.74, 6) is 0.908. The molecule has 0 aliphatic heterocycles. The smallest absolute Gasteiger partial charge is 0.246 e. The summed E-state index contributed by atoms with van der Waals surface area (Å²) in [5.41, 5.74) is 2.40. The molecule has 0 radical (unpaired) electrons. The molecule has 4 aromatic rings. The van der Waals surface area contributed by atoms with Crippen LogP contribution >= 0.6 is 23.2 Å². The minimum Gasteiger partial charge on any atom is -0.479 e. The SMILES string of the molecule is COc1nc(Cl)nc2cn(CCC(C)=O)nc12.COc1nc(Cl)nc2cnn(CCC(C)=O)c12. The fourth-order valence-corrected chi connectivity index (χ4v) is 3.28. The third-order valence-corrected chi connectivity index (χ3v) is 4.87. The van der Waals surface area contributed by atoms with Crippen molar-refractivity contribution in [2.75, 3.05) is 14.2 Å². The quantitative estimate of drug-likeness (QED) is 0.326. The molecule has 14 heteroatoms. The van der Waals surface area contributed by atoms with Crippen molar-refractivity contribution in [3.8, 4) is 11.8 Å². The van der Waals surface area contributed by atoms with Crippen molar-refractivity contribution in [1.29, 1.82) is 0 Å². The first-order chi connectivity index (χ1) is 16.2. The summed E-state index contributed by atoms with van der Waals surface area (Å²) in [6, 6.07) is 0. The average Bonchev–Trinajstić information content (AvgIpc) is 3.39. The van der Waals surface area contributed by atoms with Gasteiger partial charge >= 0.3 is 0 Å². The van der Waals surface area contributed by atoms with E-state index >= 15 is 0 Å². The van der Waals surface area contributed by atoms with Gasteiger partial charge in [0.15, 0.2) is 5.52 Å². The van der Waals surface area contributed by atoms with Crippen molar-refractivity contribution in [3.05, 3.63) is 23.0 Å². The number of hydrogen-bond acceptors (Lipinski definition) is 10. The largest absolute Gasteiger partial charge is 0.479 e. The van der Waals surface area contributed by atoms with E-state index in [4.69, 9.17) is 32.7 Å². The third-order valence-electron chi connectivity index (χ3n) is 4.54. The molecule has 0 atom stereocenters. The molecule has 4 heterocycles. The van der Waals surface area contributed by atoms with Crippen LogP contribution in [0.5, 0.6) is 11.8 Å². The van der Waals surface area contributed by atoms with Crippen molar-refractivity contribution in [1.82, 2.24) is 39.5 Å². The molecule has 0 amide bonds. The number of methoxy groups -OCH3 is 2. The van der Waals surface area contributed by atoms with E-state index in [-0.39, 0.29) is 22.1 Å². The summed E-state index contributed by atoms with van der Waals surface area (Å²) in [7, 11) is 2.99. The van der Waals surface area contributed by atoms with Crippen LogP contribution in [0.25, 0.3) is 22.1 Å². The van der Waals surface area contributed by atoms with Gasteiger partial charge < -0.3 is 9.47 Å². The summed E-state index contributed by atoms with van der Waals surface area (Å²) in [6.45, 7) is 4.06. The summed E-state index contributed by atoms with van der Waals surface area (Å²) >= 11 is 11.5. The van der Waals surface area contributed by atoms with Crippen LogP contribution < -0.4 is 9.47 Å². The Bertz CT molecular complexity index is 1330. The number of ketones is 2. The topological polar surface area (TPSA) is 140 Å². The van der Waals surface area contributed by atoms with E-state index in [0.29, 0.717) is 59.8 Å². The van der Waals surface area contributed by atoms with Crippen LogP contribution in [-0.2, 0) is 22.7 Å². The molecular formula is C20H22Cl2N8O4. The van der Waals surface area contributed by atoms with E-state index < -0.39 is 0 Å². The monoisotopic (exact) mass is 508 g/mol. The van der Waals surface area contributed by atoms with Crippen LogP contribution in [-0.4, -0.2) is 65.3 Å². The number of fused-ring (bicyclic) bond motifs is 2. The van der Waals surface area contributed by atoms with Gasteiger partial charge in [0, 0.05) is 25.9 Å². The first-order valence-corrected chi connectivity index (χ1v) is 10.8. The molecule has 4 rings (SSSR count). The summed E-state index contributed by atoms with van der Waals surface area (Å²) in [5, 5.41) is 8.62. The highest BCUT2D eigenvalue weighted by molar-refractivity contribution is 6.29. The van der Waals surface area contributed by atoms with E-state index in [1.807, 2.05) is 0 Å². The second-order valence-corrected chi connectivity index (χ2v) is 7.81. The van der Waals surface area contributed by atoms with Gasteiger partial charge in [0.25, 0.3) is 0 Å². The van der Waals surface area contributed by atoms with Crippen molar-refractivity contribution >= 4 is 56.8 Å². The Morgan fingerprint density at radius 2 is 1.47 bits per heavy atom. The molecule has 0 aromatic carbocycles. The highest BCUT2D eigenvalue weighted by Gasteiger charge is 2.14. The zero-order valence-corrected chi connectivity index (χ0v) is 20.5. The van der Waals surface area contributed by atoms with Gasteiger partial charge in [-0.2, -0.15) is 20.2 Å². The van der Waals surface area contributed by atoms with Crippen LogP contribution in [0.3, 0.4) is 0 Å². The molecular weight excluding hydrogens is 487 g/mol. The second-order valence-electron chi connectivity index (χ2n) is 7.14. The second kappa shape index (κ2) is 11.2. The first-order valence-electron chi connectivity index (χ1n) is 10.1. The predicted molar refractivity (Wildman–Crippen MR) is 124 cm³/mol. The molecule has 0 N–H and O–H groups in total. The lowest BCUT2D eigenvalue weighted by Crippen LogP contribution is -2.05. The number of Topliss-reactive ketones (excluding diaryl/α,β-unsaturated/α-hetero) is 2. The van der Waals surface area contributed by atoms with Gasteiger partial charge in [-0.1, -0.05) is 0 Å². The zero-order valence-electron chi connectivity index (χ0n) is 18.9. The first kappa shape index (κ1) is 25.2. The fourth-order valence-electron chi connectivity index (χ4n) is 2.95. The van der Waals surface area contributed by atoms with Crippen molar-refractivity contribution < 1.29 is 19.1 Å². The molecule has 180 valence electrons. The third kappa shape index (κ3) is 6.14. The summed E-state index contributed by atoms with van der Waals surface area (Å²) in [4.78, 5) is 37.8. The Morgan fingerprint density at radius 1 is 0.882 bits per heavy atom. The standard InChI is InChI=1S/2C10H11ClN4O2/c1-6(16)3-4-15-5-7-8(14-15)9(17-2)13-10(11)12-7;1-6(16)3-4-15-8-7(5-12-15)13-10(11)14-9(8)17-2/h2*5H,3-4H2,1-2H3. The maximum absolute atomic E-state index is 11.0. The number of rotatable bonds is 8. The molecule has 0 saturated heterocycles. The molecule has 0 spiro atoms. The van der Waals surface area contributed by atoms with E-state index in [1.165, 1.54) is 21.1 Å². The Hall–Kier alpha value is -3.38. The van der Waals surface area contributed by atoms with Crippen molar-refractivity contribution in [2.24, 2.45) is 0 Å². The number of hydrogen-bond donors (Lipinski definition) is 0.